The number of rotatable bonds is 6. The predicted octanol–water partition coefficient (Wildman–Crippen LogP) is 3.78. The van der Waals surface area contributed by atoms with Gasteiger partial charge in [-0.25, -0.2) is 8.42 Å². The summed E-state index contributed by atoms with van der Waals surface area (Å²) in [6, 6.07) is 16.3. The van der Waals surface area contributed by atoms with Crippen LogP contribution in [-0.2, 0) is 10.0 Å². The summed E-state index contributed by atoms with van der Waals surface area (Å²) in [7, 11) is -3.59. The largest absolute Gasteiger partial charge is 0.351 e. The number of hydrogen-bond donors (Lipinski definition) is 1. The minimum atomic E-state index is -3.59. The average Bonchev–Trinajstić information content (AvgIpc) is 2.72. The molecular formula is C22H28N2O3S. The highest BCUT2D eigenvalue weighted by molar-refractivity contribution is 7.89. The van der Waals surface area contributed by atoms with Gasteiger partial charge in [0.05, 0.1) is 4.90 Å². The molecule has 0 bridgehead atoms. The second-order valence-electron chi connectivity index (χ2n) is 7.51. The zero-order chi connectivity index (χ0) is 20.1. The molecule has 1 saturated heterocycles. The molecule has 1 aliphatic rings. The van der Waals surface area contributed by atoms with E-state index in [0.717, 1.165) is 24.8 Å². The molecule has 2 unspecified atom stereocenters. The highest BCUT2D eigenvalue weighted by Crippen LogP contribution is 2.25. The maximum Gasteiger partial charge on any atom is 0.251 e. The molecule has 150 valence electrons. The normalized spacial score (nSPS) is 19.1. The standard InChI is InChI=1S/C22H28N2O3S/c1-17(19-10-4-3-5-11-19)16-23-22(25)20-12-8-13-21(15-20)28(26,27)24-14-7-6-9-18(24)2/h3-5,8,10-13,15,17-18H,6-7,9,14,16H2,1-2H3,(H,23,25). The molecule has 2 aromatic rings. The van der Waals surface area contributed by atoms with Crippen molar-refractivity contribution in [2.24, 2.45) is 0 Å². The fourth-order valence-electron chi connectivity index (χ4n) is 3.61. The van der Waals surface area contributed by atoms with Gasteiger partial charge in [0, 0.05) is 24.7 Å². The lowest BCUT2D eigenvalue weighted by Crippen LogP contribution is -2.42. The number of sulfonamides is 1. The van der Waals surface area contributed by atoms with Crippen LogP contribution in [0.1, 0.15) is 54.9 Å². The molecule has 28 heavy (non-hydrogen) atoms. The summed E-state index contributed by atoms with van der Waals surface area (Å²) in [5, 5.41) is 2.92. The summed E-state index contributed by atoms with van der Waals surface area (Å²) in [6.07, 6.45) is 2.80. The third kappa shape index (κ3) is 4.62. The molecule has 2 atom stereocenters. The minimum absolute atomic E-state index is 0.0112. The summed E-state index contributed by atoms with van der Waals surface area (Å²) >= 11 is 0. The Labute approximate surface area is 167 Å². The second-order valence-corrected chi connectivity index (χ2v) is 9.40. The molecule has 5 nitrogen and oxygen atoms in total. The van der Waals surface area contributed by atoms with E-state index in [1.54, 1.807) is 22.5 Å². The number of hydrogen-bond acceptors (Lipinski definition) is 3. The van der Waals surface area contributed by atoms with Crippen molar-refractivity contribution in [2.75, 3.05) is 13.1 Å². The summed E-state index contributed by atoms with van der Waals surface area (Å²) in [4.78, 5) is 12.8. The first-order valence-corrected chi connectivity index (χ1v) is 11.3. The van der Waals surface area contributed by atoms with Gasteiger partial charge in [-0.1, -0.05) is 49.7 Å². The Morgan fingerprint density at radius 3 is 2.61 bits per heavy atom. The zero-order valence-electron chi connectivity index (χ0n) is 16.5. The van der Waals surface area contributed by atoms with Crippen LogP contribution in [0.5, 0.6) is 0 Å². The Morgan fingerprint density at radius 1 is 1.14 bits per heavy atom. The summed E-state index contributed by atoms with van der Waals surface area (Å²) in [5.41, 5.74) is 1.52. The van der Waals surface area contributed by atoms with E-state index in [9.17, 15) is 13.2 Å². The lowest BCUT2D eigenvalue weighted by atomic mass is 10.0. The van der Waals surface area contributed by atoms with E-state index in [1.165, 1.54) is 6.07 Å². The van der Waals surface area contributed by atoms with Crippen LogP contribution in [-0.4, -0.2) is 37.8 Å². The van der Waals surface area contributed by atoms with Crippen molar-refractivity contribution in [3.8, 4) is 0 Å². The van der Waals surface area contributed by atoms with Gasteiger partial charge in [-0.2, -0.15) is 4.31 Å². The van der Waals surface area contributed by atoms with E-state index in [4.69, 9.17) is 0 Å². The Morgan fingerprint density at radius 2 is 1.89 bits per heavy atom. The number of carbonyl (C=O) groups is 1. The third-order valence-electron chi connectivity index (χ3n) is 5.38. The lowest BCUT2D eigenvalue weighted by molar-refractivity contribution is 0.0951. The van der Waals surface area contributed by atoms with E-state index in [0.29, 0.717) is 18.7 Å². The van der Waals surface area contributed by atoms with Gasteiger partial charge in [0.2, 0.25) is 10.0 Å². The number of carbonyl (C=O) groups excluding carboxylic acids is 1. The fourth-order valence-corrected chi connectivity index (χ4v) is 5.36. The van der Waals surface area contributed by atoms with Crippen LogP contribution in [0.25, 0.3) is 0 Å². The molecule has 0 aliphatic carbocycles. The van der Waals surface area contributed by atoms with E-state index >= 15 is 0 Å². The molecule has 1 fully saturated rings. The van der Waals surface area contributed by atoms with Crippen LogP contribution in [0.4, 0.5) is 0 Å². The summed E-state index contributed by atoms with van der Waals surface area (Å²) < 4.78 is 27.6. The van der Waals surface area contributed by atoms with Crippen molar-refractivity contribution in [2.45, 2.75) is 50.0 Å². The van der Waals surface area contributed by atoms with Crippen LogP contribution in [0.3, 0.4) is 0 Å². The first kappa shape index (κ1) is 20.6. The SMILES string of the molecule is CC(CNC(=O)c1cccc(S(=O)(=O)N2CCCCC2C)c1)c1ccccc1. The highest BCUT2D eigenvalue weighted by Gasteiger charge is 2.31. The van der Waals surface area contributed by atoms with Crippen LogP contribution >= 0.6 is 0 Å². The Bertz CT molecular complexity index is 912. The van der Waals surface area contributed by atoms with Gasteiger partial charge in [0.15, 0.2) is 0 Å². The first-order valence-electron chi connectivity index (χ1n) is 9.84. The maximum atomic E-state index is 13.0. The molecule has 1 heterocycles. The van der Waals surface area contributed by atoms with Crippen LogP contribution in [0, 0.1) is 0 Å². The highest BCUT2D eigenvalue weighted by atomic mass is 32.2. The molecule has 0 saturated carbocycles. The Kier molecular flexibility index (Phi) is 6.52. The molecule has 0 aromatic heterocycles. The lowest BCUT2D eigenvalue weighted by Gasteiger charge is -2.32. The number of amides is 1. The van der Waals surface area contributed by atoms with Gasteiger partial charge in [0.25, 0.3) is 5.91 Å². The topological polar surface area (TPSA) is 66.5 Å². The van der Waals surface area contributed by atoms with E-state index < -0.39 is 10.0 Å². The first-order chi connectivity index (χ1) is 13.4. The van der Waals surface area contributed by atoms with Gasteiger partial charge in [-0.05, 0) is 49.4 Å². The minimum Gasteiger partial charge on any atom is -0.351 e. The average molecular weight is 401 g/mol. The van der Waals surface area contributed by atoms with Gasteiger partial charge in [-0.3, -0.25) is 4.79 Å². The molecule has 1 aliphatic heterocycles. The third-order valence-corrected chi connectivity index (χ3v) is 7.39. The predicted molar refractivity (Wildman–Crippen MR) is 111 cm³/mol. The van der Waals surface area contributed by atoms with Gasteiger partial charge in [0.1, 0.15) is 0 Å². The smallest absolute Gasteiger partial charge is 0.251 e. The van der Waals surface area contributed by atoms with Crippen LogP contribution < -0.4 is 5.32 Å². The van der Waals surface area contributed by atoms with Gasteiger partial charge in [-0.15, -0.1) is 0 Å². The number of piperidine rings is 1. The molecule has 3 rings (SSSR count). The van der Waals surface area contributed by atoms with Gasteiger partial charge >= 0.3 is 0 Å². The number of nitrogens with one attached hydrogen (secondary N) is 1. The molecular weight excluding hydrogens is 372 g/mol. The zero-order valence-corrected chi connectivity index (χ0v) is 17.3. The van der Waals surface area contributed by atoms with E-state index in [1.807, 2.05) is 44.2 Å². The van der Waals surface area contributed by atoms with Crippen molar-refractivity contribution >= 4 is 15.9 Å². The fraction of sp³-hybridized carbons (Fsp3) is 0.409. The maximum absolute atomic E-state index is 13.0. The Hall–Kier alpha value is -2.18. The van der Waals surface area contributed by atoms with Crippen molar-refractivity contribution < 1.29 is 13.2 Å². The second kappa shape index (κ2) is 8.88. The van der Waals surface area contributed by atoms with Crippen molar-refractivity contribution in [1.29, 1.82) is 0 Å². The molecule has 1 N–H and O–H groups in total. The summed E-state index contributed by atoms with van der Waals surface area (Å²) in [5.74, 6) is -0.0854. The van der Waals surface area contributed by atoms with Crippen LogP contribution in [0.15, 0.2) is 59.5 Å². The van der Waals surface area contributed by atoms with Crippen molar-refractivity contribution in [3.05, 3.63) is 65.7 Å². The van der Waals surface area contributed by atoms with E-state index in [2.05, 4.69) is 5.32 Å². The molecule has 0 spiro atoms. The molecule has 1 amide bonds. The number of benzene rings is 2. The summed E-state index contributed by atoms with van der Waals surface area (Å²) in [6.45, 7) is 5.02. The molecule has 2 aromatic carbocycles. The van der Waals surface area contributed by atoms with E-state index in [-0.39, 0.29) is 22.8 Å². The molecule has 6 heteroatoms. The number of nitrogens with zero attached hydrogens (tertiary/aromatic N) is 1. The quantitative estimate of drug-likeness (QED) is 0.802. The Balaban J connectivity index is 1.71. The molecule has 0 radical (unpaired) electrons. The monoisotopic (exact) mass is 400 g/mol. The van der Waals surface area contributed by atoms with Crippen molar-refractivity contribution in [3.63, 3.8) is 0 Å². The van der Waals surface area contributed by atoms with Crippen molar-refractivity contribution in [1.82, 2.24) is 9.62 Å². The van der Waals surface area contributed by atoms with Gasteiger partial charge < -0.3 is 5.32 Å². The van der Waals surface area contributed by atoms with Crippen LogP contribution in [0.2, 0.25) is 0 Å².